The first-order chi connectivity index (χ1) is 12.2. The number of amides is 1. The Morgan fingerprint density at radius 2 is 1.96 bits per heavy atom. The molecule has 0 fully saturated rings. The highest BCUT2D eigenvalue weighted by molar-refractivity contribution is 5.87. The summed E-state index contributed by atoms with van der Waals surface area (Å²) in [6, 6.07) is 15.5. The molecular weight excluding hydrogens is 318 g/mol. The summed E-state index contributed by atoms with van der Waals surface area (Å²) in [5.41, 5.74) is 3.38. The molecule has 0 saturated heterocycles. The van der Waals surface area contributed by atoms with Crippen molar-refractivity contribution in [1.82, 2.24) is 9.99 Å². The van der Waals surface area contributed by atoms with E-state index in [1.54, 1.807) is 6.21 Å². The summed E-state index contributed by atoms with van der Waals surface area (Å²) < 4.78 is 13.4. The van der Waals surface area contributed by atoms with E-state index >= 15 is 0 Å². The molecule has 1 aromatic heterocycles. The lowest BCUT2D eigenvalue weighted by Crippen LogP contribution is -2.42. The van der Waals surface area contributed by atoms with Gasteiger partial charge in [-0.15, -0.1) is 0 Å². The van der Waals surface area contributed by atoms with E-state index in [2.05, 4.69) is 10.5 Å². The zero-order valence-corrected chi connectivity index (χ0v) is 13.7. The second-order valence-electron chi connectivity index (χ2n) is 5.84. The quantitative estimate of drug-likeness (QED) is 0.591. The third kappa shape index (κ3) is 3.06. The number of hydrogen-bond donors (Lipinski definition) is 1. The molecule has 1 N–H and O–H groups in total. The van der Waals surface area contributed by atoms with E-state index in [9.17, 15) is 4.79 Å². The van der Waals surface area contributed by atoms with Gasteiger partial charge < -0.3 is 14.0 Å². The van der Waals surface area contributed by atoms with Crippen LogP contribution in [0.2, 0.25) is 0 Å². The van der Waals surface area contributed by atoms with Gasteiger partial charge in [0.25, 0.3) is 5.91 Å². The van der Waals surface area contributed by atoms with Crippen LogP contribution in [0.3, 0.4) is 0 Å². The third-order valence-corrected chi connectivity index (χ3v) is 4.12. The molecule has 0 bridgehead atoms. The minimum absolute atomic E-state index is 0.150. The number of hydrogen-bond acceptors (Lipinski definition) is 4. The van der Waals surface area contributed by atoms with E-state index in [-0.39, 0.29) is 12.5 Å². The van der Waals surface area contributed by atoms with Crippen LogP contribution in [0, 0.1) is 0 Å². The number of nitrogens with zero attached hydrogens (tertiary/aromatic N) is 2. The molecule has 4 rings (SSSR count). The molecule has 0 spiro atoms. The molecule has 1 atom stereocenters. The molecule has 126 valence electrons. The highest BCUT2D eigenvalue weighted by atomic mass is 16.6. The normalized spacial score (nSPS) is 16.3. The summed E-state index contributed by atoms with van der Waals surface area (Å²) in [6.45, 7) is 0.150. The Hall–Kier alpha value is -3.28. The van der Waals surface area contributed by atoms with Crippen molar-refractivity contribution in [1.29, 1.82) is 0 Å². The molecule has 2 aromatic carbocycles. The second kappa shape index (κ2) is 6.32. The Morgan fingerprint density at radius 1 is 1.20 bits per heavy atom. The molecule has 0 unspecified atom stereocenters. The van der Waals surface area contributed by atoms with E-state index < -0.39 is 6.10 Å². The van der Waals surface area contributed by atoms with Gasteiger partial charge in [-0.25, -0.2) is 5.43 Å². The van der Waals surface area contributed by atoms with Gasteiger partial charge in [-0.1, -0.05) is 24.3 Å². The van der Waals surface area contributed by atoms with E-state index in [1.807, 2.05) is 66.3 Å². The van der Waals surface area contributed by atoms with Gasteiger partial charge in [0, 0.05) is 13.2 Å². The lowest BCUT2D eigenvalue weighted by Gasteiger charge is -2.25. The number of nitrogens with one attached hydrogen (secondary N) is 1. The zero-order chi connectivity index (χ0) is 17.2. The molecule has 1 aliphatic rings. The van der Waals surface area contributed by atoms with Crippen molar-refractivity contribution in [2.75, 3.05) is 6.61 Å². The number of aryl methyl sites for hydroxylation is 1. The zero-order valence-electron chi connectivity index (χ0n) is 13.7. The number of benzene rings is 2. The van der Waals surface area contributed by atoms with E-state index in [4.69, 9.17) is 9.47 Å². The van der Waals surface area contributed by atoms with Gasteiger partial charge in [0.05, 0.1) is 11.9 Å². The van der Waals surface area contributed by atoms with E-state index in [0.29, 0.717) is 11.5 Å². The smallest absolute Gasteiger partial charge is 0.284 e. The molecule has 0 radical (unpaired) electrons. The molecule has 6 nitrogen and oxygen atoms in total. The molecule has 1 amide bonds. The van der Waals surface area contributed by atoms with Crippen LogP contribution in [0.1, 0.15) is 5.69 Å². The largest absolute Gasteiger partial charge is 0.485 e. The van der Waals surface area contributed by atoms with Crippen LogP contribution < -0.4 is 14.9 Å². The van der Waals surface area contributed by atoms with Crippen molar-refractivity contribution in [3.63, 3.8) is 0 Å². The minimum atomic E-state index is -0.737. The number of aromatic nitrogens is 1. The fraction of sp³-hybridized carbons (Fsp3) is 0.158. The van der Waals surface area contributed by atoms with Gasteiger partial charge >= 0.3 is 0 Å². The summed E-state index contributed by atoms with van der Waals surface area (Å²) in [5, 5.41) is 6.08. The monoisotopic (exact) mass is 335 g/mol. The van der Waals surface area contributed by atoms with Gasteiger partial charge in [-0.2, -0.15) is 5.10 Å². The van der Waals surface area contributed by atoms with Gasteiger partial charge in [0.1, 0.15) is 6.61 Å². The Balaban J connectivity index is 1.46. The summed E-state index contributed by atoms with van der Waals surface area (Å²) in [7, 11) is 1.91. The fourth-order valence-electron chi connectivity index (χ4n) is 2.73. The number of hydrazone groups is 1. The second-order valence-corrected chi connectivity index (χ2v) is 5.84. The van der Waals surface area contributed by atoms with Crippen molar-refractivity contribution in [2.45, 2.75) is 6.10 Å². The summed E-state index contributed by atoms with van der Waals surface area (Å²) >= 11 is 0. The van der Waals surface area contributed by atoms with E-state index in [0.717, 1.165) is 16.5 Å². The third-order valence-electron chi connectivity index (χ3n) is 4.12. The van der Waals surface area contributed by atoms with Crippen LogP contribution >= 0.6 is 0 Å². The van der Waals surface area contributed by atoms with Gasteiger partial charge in [0.2, 0.25) is 6.10 Å². The van der Waals surface area contributed by atoms with Crippen LogP contribution in [-0.2, 0) is 11.8 Å². The maximum Gasteiger partial charge on any atom is 0.284 e. The lowest BCUT2D eigenvalue weighted by molar-refractivity contribution is -0.130. The summed E-state index contributed by atoms with van der Waals surface area (Å²) in [6.07, 6.45) is 2.75. The van der Waals surface area contributed by atoms with Crippen molar-refractivity contribution in [2.24, 2.45) is 12.1 Å². The first-order valence-corrected chi connectivity index (χ1v) is 7.97. The highest BCUT2D eigenvalue weighted by Crippen LogP contribution is 2.35. The lowest BCUT2D eigenvalue weighted by atomic mass is 10.1. The maximum atomic E-state index is 12.2. The van der Waals surface area contributed by atoms with Gasteiger partial charge in [-0.3, -0.25) is 4.79 Å². The molecule has 25 heavy (non-hydrogen) atoms. The van der Waals surface area contributed by atoms with Crippen LogP contribution in [0.15, 0.2) is 59.8 Å². The van der Waals surface area contributed by atoms with Gasteiger partial charge in [0.15, 0.2) is 11.5 Å². The molecule has 1 aliphatic heterocycles. The highest BCUT2D eigenvalue weighted by Gasteiger charge is 2.27. The fourth-order valence-corrected chi connectivity index (χ4v) is 2.73. The van der Waals surface area contributed by atoms with Crippen molar-refractivity contribution >= 4 is 22.9 Å². The Kier molecular flexibility index (Phi) is 3.85. The number of rotatable bonds is 3. The van der Waals surface area contributed by atoms with Gasteiger partial charge in [-0.05, 0) is 35.0 Å². The first kappa shape index (κ1) is 15.3. The van der Waals surface area contributed by atoms with E-state index in [1.165, 1.54) is 0 Å². The maximum absolute atomic E-state index is 12.2. The number of carbonyl (C=O) groups excluding carboxylic acids is 1. The number of carbonyl (C=O) groups is 1. The predicted molar refractivity (Wildman–Crippen MR) is 95.0 cm³/mol. The molecule has 0 saturated carbocycles. The average Bonchev–Trinajstić information content (AvgIpc) is 3.04. The van der Waals surface area contributed by atoms with Crippen molar-refractivity contribution in [3.05, 3.63) is 60.4 Å². The van der Waals surface area contributed by atoms with Crippen molar-refractivity contribution < 1.29 is 14.3 Å². The Labute approximate surface area is 144 Å². The summed E-state index contributed by atoms with van der Waals surface area (Å²) in [5.74, 6) is 0.871. The SMILES string of the molecule is Cn1cccc1C=NNC(=O)[C@H]1COc2cc3ccccc3cc2O1. The van der Waals surface area contributed by atoms with Crippen LogP contribution in [0.25, 0.3) is 10.8 Å². The minimum Gasteiger partial charge on any atom is -0.485 e. The standard InChI is InChI=1S/C19H17N3O3/c1-22-8-4-7-15(22)11-20-21-19(23)18-12-24-16-9-13-5-2-3-6-14(13)10-17(16)25-18/h2-11,18H,12H2,1H3,(H,21,23)/t18-/m1/s1. The first-order valence-electron chi connectivity index (χ1n) is 7.97. The Bertz CT molecular complexity index is 961. The average molecular weight is 335 g/mol. The predicted octanol–water partition coefficient (Wildman–Crippen LogP) is 2.47. The molecule has 0 aliphatic carbocycles. The Morgan fingerprint density at radius 3 is 2.68 bits per heavy atom. The van der Waals surface area contributed by atoms with Crippen LogP contribution in [-0.4, -0.2) is 29.4 Å². The van der Waals surface area contributed by atoms with Crippen molar-refractivity contribution in [3.8, 4) is 11.5 Å². The topological polar surface area (TPSA) is 64.9 Å². The summed E-state index contributed by atoms with van der Waals surface area (Å²) in [4.78, 5) is 12.2. The molecule has 3 aromatic rings. The van der Waals surface area contributed by atoms with Crippen LogP contribution in [0.4, 0.5) is 0 Å². The number of fused-ring (bicyclic) bond motifs is 2. The number of ether oxygens (including phenoxy) is 2. The molecular formula is C19H17N3O3. The molecule has 2 heterocycles. The molecule has 6 heteroatoms. The van der Waals surface area contributed by atoms with Crippen LogP contribution in [0.5, 0.6) is 11.5 Å².